The monoisotopic (exact) mass is 366 g/mol. The van der Waals surface area contributed by atoms with Gasteiger partial charge in [0.1, 0.15) is 5.92 Å². The van der Waals surface area contributed by atoms with Gasteiger partial charge >= 0.3 is 5.97 Å². The molecule has 25 heavy (non-hydrogen) atoms. The van der Waals surface area contributed by atoms with Crippen molar-refractivity contribution in [3.8, 4) is 0 Å². The van der Waals surface area contributed by atoms with Crippen molar-refractivity contribution in [2.24, 2.45) is 11.8 Å². The van der Waals surface area contributed by atoms with E-state index in [-0.39, 0.29) is 23.8 Å². The lowest BCUT2D eigenvalue weighted by molar-refractivity contribution is -0.152. The Morgan fingerprint density at radius 3 is 1.96 bits per heavy atom. The number of aryl methyl sites for hydroxylation is 3. The number of Topliss-reactive ketones (excluding diaryl/α,β-unsaturated/α-hetero) is 1. The Balaban J connectivity index is 0.00000151. The maximum atomic E-state index is 13.2. The van der Waals surface area contributed by atoms with Gasteiger partial charge < -0.3 is 9.30 Å². The number of esters is 1. The Morgan fingerprint density at radius 1 is 1.04 bits per heavy atom. The molecule has 1 aliphatic rings. The van der Waals surface area contributed by atoms with Crippen LogP contribution in [0.2, 0.25) is 0 Å². The van der Waals surface area contributed by atoms with Crippen molar-refractivity contribution in [3.05, 3.63) is 34.4 Å². The standard InChI is InChI=1S/C20H28O3.H3OP/c1-12(2)23-20(22)18(16-8-6-7-9-16)19(21)17-14(4)10-13(3)11-15(17)5;1-2/h10-12,16,18H,6-9H2,1-5H3;2H3. The van der Waals surface area contributed by atoms with Gasteiger partial charge in [-0.1, -0.05) is 30.5 Å². The van der Waals surface area contributed by atoms with Gasteiger partial charge in [0.15, 0.2) is 5.78 Å². The number of benzene rings is 1. The van der Waals surface area contributed by atoms with E-state index in [0.717, 1.165) is 42.4 Å². The molecule has 1 fully saturated rings. The molecule has 0 radical (unpaired) electrons. The second-order valence-electron chi connectivity index (χ2n) is 7.15. The molecular formula is C20H31O4P. The maximum absolute atomic E-state index is 13.2. The minimum Gasteiger partial charge on any atom is -0.462 e. The second-order valence-corrected chi connectivity index (χ2v) is 7.15. The molecule has 1 aromatic carbocycles. The molecule has 0 N–H and O–H groups in total. The van der Waals surface area contributed by atoms with Crippen LogP contribution in [0.15, 0.2) is 12.1 Å². The molecule has 140 valence electrons. The quantitative estimate of drug-likeness (QED) is 0.333. The molecule has 0 spiro atoms. The molecular weight excluding hydrogens is 335 g/mol. The predicted octanol–water partition coefficient (Wildman–Crippen LogP) is 4.49. The van der Waals surface area contributed by atoms with Crippen molar-refractivity contribution in [3.63, 3.8) is 0 Å². The minimum atomic E-state index is -0.653. The van der Waals surface area contributed by atoms with E-state index in [1.807, 2.05) is 46.8 Å². The molecule has 0 heterocycles. The van der Waals surface area contributed by atoms with Crippen LogP contribution in [0.25, 0.3) is 0 Å². The number of hydrogen-bond acceptors (Lipinski definition) is 4. The molecule has 4 nitrogen and oxygen atoms in total. The summed E-state index contributed by atoms with van der Waals surface area (Å²) >= 11 is 0. The Kier molecular flexibility index (Phi) is 8.58. The summed E-state index contributed by atoms with van der Waals surface area (Å²) in [6.07, 6.45) is 3.87. The Hall–Kier alpha value is -1.41. The van der Waals surface area contributed by atoms with Crippen molar-refractivity contribution >= 4 is 20.9 Å². The average Bonchev–Trinajstić information content (AvgIpc) is 3.01. The zero-order valence-electron chi connectivity index (χ0n) is 16.1. The molecule has 2 atom stereocenters. The first-order valence-corrected chi connectivity index (χ1v) is 9.50. The van der Waals surface area contributed by atoms with Crippen LogP contribution >= 0.6 is 9.12 Å². The van der Waals surface area contributed by atoms with Gasteiger partial charge in [0.25, 0.3) is 0 Å². The van der Waals surface area contributed by atoms with Crippen LogP contribution in [0.5, 0.6) is 0 Å². The summed E-state index contributed by atoms with van der Waals surface area (Å²) in [5, 5.41) is 0. The molecule has 2 unspecified atom stereocenters. The van der Waals surface area contributed by atoms with Gasteiger partial charge in [0, 0.05) is 5.56 Å². The van der Waals surface area contributed by atoms with Gasteiger partial charge in [0.05, 0.1) is 15.2 Å². The van der Waals surface area contributed by atoms with Crippen LogP contribution in [-0.4, -0.2) is 17.9 Å². The Morgan fingerprint density at radius 2 is 1.52 bits per heavy atom. The van der Waals surface area contributed by atoms with Gasteiger partial charge in [-0.15, -0.1) is 0 Å². The van der Waals surface area contributed by atoms with Crippen LogP contribution in [0.1, 0.15) is 66.6 Å². The highest BCUT2D eigenvalue weighted by Crippen LogP contribution is 2.35. The van der Waals surface area contributed by atoms with Crippen LogP contribution in [-0.2, 0) is 14.1 Å². The van der Waals surface area contributed by atoms with Crippen molar-refractivity contribution in [1.82, 2.24) is 0 Å². The van der Waals surface area contributed by atoms with Crippen molar-refractivity contribution in [1.29, 1.82) is 0 Å². The van der Waals surface area contributed by atoms with E-state index in [0.29, 0.717) is 14.7 Å². The highest BCUT2D eigenvalue weighted by molar-refractivity contribution is 7.00. The summed E-state index contributed by atoms with van der Waals surface area (Å²) in [5.74, 6) is -0.942. The van der Waals surface area contributed by atoms with E-state index in [1.54, 1.807) is 0 Å². The summed E-state index contributed by atoms with van der Waals surface area (Å²) in [5.41, 5.74) is 3.74. The normalized spacial score (nSPS) is 15.6. The molecule has 2 rings (SSSR count). The number of hydrogen-bond donors (Lipinski definition) is 0. The first-order valence-electron chi connectivity index (χ1n) is 8.92. The number of ketones is 1. The van der Waals surface area contributed by atoms with Crippen molar-refractivity contribution in [2.45, 2.75) is 66.4 Å². The number of ether oxygens (including phenoxy) is 1. The van der Waals surface area contributed by atoms with Gasteiger partial charge in [-0.05, 0) is 64.5 Å². The second kappa shape index (κ2) is 9.91. The lowest BCUT2D eigenvalue weighted by atomic mass is 9.81. The SMILES string of the molecule is Cc1cc(C)c(C(=O)C(C(=O)OC(C)C)C2CCCC2)c(C)c1.O=[PH3]. The number of rotatable bonds is 5. The summed E-state index contributed by atoms with van der Waals surface area (Å²) in [6, 6.07) is 4.03. The summed E-state index contributed by atoms with van der Waals surface area (Å²) < 4.78 is 13.7. The topological polar surface area (TPSA) is 60.4 Å². The number of carbonyl (C=O) groups is 2. The maximum Gasteiger partial charge on any atom is 0.317 e. The smallest absolute Gasteiger partial charge is 0.317 e. The lowest BCUT2D eigenvalue weighted by Crippen LogP contribution is -2.34. The van der Waals surface area contributed by atoms with Gasteiger partial charge in [0.2, 0.25) is 0 Å². The van der Waals surface area contributed by atoms with Gasteiger partial charge in [-0.25, -0.2) is 0 Å². The summed E-state index contributed by atoms with van der Waals surface area (Å²) in [4.78, 5) is 25.8. The van der Waals surface area contributed by atoms with Crippen LogP contribution in [0, 0.1) is 32.6 Å². The molecule has 0 aromatic heterocycles. The van der Waals surface area contributed by atoms with E-state index in [2.05, 4.69) is 0 Å². The third-order valence-corrected chi connectivity index (χ3v) is 4.68. The largest absolute Gasteiger partial charge is 0.462 e. The van der Waals surface area contributed by atoms with Crippen LogP contribution in [0.3, 0.4) is 0 Å². The molecule has 1 aliphatic carbocycles. The molecule has 5 heteroatoms. The Bertz CT molecular complexity index is 595. The average molecular weight is 366 g/mol. The highest BCUT2D eigenvalue weighted by Gasteiger charge is 2.39. The molecule has 1 aromatic rings. The fourth-order valence-electron chi connectivity index (χ4n) is 3.83. The van der Waals surface area contributed by atoms with E-state index < -0.39 is 5.92 Å². The van der Waals surface area contributed by atoms with Crippen LogP contribution in [0.4, 0.5) is 0 Å². The zero-order chi connectivity index (χ0) is 19.1. The first kappa shape index (κ1) is 21.6. The highest BCUT2D eigenvalue weighted by atomic mass is 31.0. The fraction of sp³-hybridized carbons (Fsp3) is 0.600. The zero-order valence-corrected chi connectivity index (χ0v) is 17.5. The van der Waals surface area contributed by atoms with Crippen molar-refractivity contribution < 1.29 is 18.9 Å². The molecule has 0 amide bonds. The van der Waals surface area contributed by atoms with E-state index >= 15 is 0 Å². The van der Waals surface area contributed by atoms with E-state index in [4.69, 9.17) is 9.30 Å². The molecule has 0 bridgehead atoms. The summed E-state index contributed by atoms with van der Waals surface area (Å²) in [6.45, 7) is 9.59. The van der Waals surface area contributed by atoms with E-state index in [1.165, 1.54) is 0 Å². The first-order chi connectivity index (χ1) is 11.8. The third kappa shape index (κ3) is 5.54. The van der Waals surface area contributed by atoms with E-state index in [9.17, 15) is 9.59 Å². The Labute approximate surface area is 153 Å². The fourth-order valence-corrected chi connectivity index (χ4v) is 3.83. The molecule has 1 saturated carbocycles. The third-order valence-electron chi connectivity index (χ3n) is 4.68. The summed E-state index contributed by atoms with van der Waals surface area (Å²) in [7, 11) is 0.611. The van der Waals surface area contributed by atoms with Crippen LogP contribution < -0.4 is 0 Å². The molecule has 0 aliphatic heterocycles. The van der Waals surface area contributed by atoms with Gasteiger partial charge in [-0.3, -0.25) is 9.59 Å². The number of carbonyl (C=O) groups excluding carboxylic acids is 2. The van der Waals surface area contributed by atoms with Crippen molar-refractivity contribution in [2.75, 3.05) is 0 Å². The predicted molar refractivity (Wildman–Crippen MR) is 103 cm³/mol. The molecule has 0 saturated heterocycles. The van der Waals surface area contributed by atoms with Gasteiger partial charge in [-0.2, -0.15) is 0 Å². The lowest BCUT2D eigenvalue weighted by Gasteiger charge is -2.23. The minimum absolute atomic E-state index is 0.0578.